The molecule has 5 nitrogen and oxygen atoms in total. The first-order valence-corrected chi connectivity index (χ1v) is 8.81. The predicted octanol–water partition coefficient (Wildman–Crippen LogP) is 2.84. The number of para-hydroxylation sites is 2. The van der Waals surface area contributed by atoms with Crippen molar-refractivity contribution in [2.24, 2.45) is 11.8 Å². The van der Waals surface area contributed by atoms with Crippen molar-refractivity contribution in [3.05, 3.63) is 24.3 Å². The molecule has 0 bridgehead atoms. The van der Waals surface area contributed by atoms with E-state index in [9.17, 15) is 9.59 Å². The average molecular weight is 330 g/mol. The van der Waals surface area contributed by atoms with Crippen LogP contribution in [0.25, 0.3) is 0 Å². The van der Waals surface area contributed by atoms with E-state index in [0.29, 0.717) is 25.4 Å². The lowest BCUT2D eigenvalue weighted by Gasteiger charge is -2.28. The summed E-state index contributed by atoms with van der Waals surface area (Å²) in [7, 11) is 0. The number of nitrogens with zero attached hydrogens (tertiary/aromatic N) is 2. The maximum absolute atomic E-state index is 13.0. The van der Waals surface area contributed by atoms with Gasteiger partial charge < -0.3 is 14.5 Å². The molecule has 3 rings (SSSR count). The number of carbonyl (C=O) groups is 2. The lowest BCUT2D eigenvalue weighted by molar-refractivity contribution is -0.120. The van der Waals surface area contributed by atoms with Gasteiger partial charge in [0.25, 0.3) is 0 Å². The highest BCUT2D eigenvalue weighted by molar-refractivity contribution is 6.02. The van der Waals surface area contributed by atoms with E-state index in [4.69, 9.17) is 4.74 Å². The Morgan fingerprint density at radius 2 is 1.67 bits per heavy atom. The van der Waals surface area contributed by atoms with Crippen molar-refractivity contribution in [3.63, 3.8) is 0 Å². The van der Waals surface area contributed by atoms with E-state index in [1.807, 2.05) is 29.2 Å². The van der Waals surface area contributed by atoms with Crippen LogP contribution in [0.5, 0.6) is 0 Å². The van der Waals surface area contributed by atoms with Gasteiger partial charge in [-0.05, 0) is 36.8 Å². The zero-order chi connectivity index (χ0) is 17.1. The van der Waals surface area contributed by atoms with Gasteiger partial charge in [-0.15, -0.1) is 0 Å². The molecule has 0 aromatic heterocycles. The predicted molar refractivity (Wildman–Crippen MR) is 94.1 cm³/mol. The lowest BCUT2D eigenvalue weighted by atomic mass is 9.95. The number of benzene rings is 1. The first kappa shape index (κ1) is 17.0. The summed E-state index contributed by atoms with van der Waals surface area (Å²) in [6.07, 6.45) is 2.47. The number of fused-ring (bicyclic) bond motifs is 1. The summed E-state index contributed by atoms with van der Waals surface area (Å²) in [4.78, 5) is 28.7. The highest BCUT2D eigenvalue weighted by atomic mass is 16.5. The van der Waals surface area contributed by atoms with E-state index in [0.717, 1.165) is 37.4 Å². The first-order valence-electron chi connectivity index (χ1n) is 8.81. The standard InChI is InChI=1S/C19H26N2O3/c1-14-12-20(15(2)22)17-5-3-4-6-18(17)21(13-14)19(23)11-16-7-9-24-10-8-16/h3-6,14,16H,7-13H2,1-2H3. The van der Waals surface area contributed by atoms with Gasteiger partial charge in [0, 0.05) is 39.6 Å². The molecule has 5 heteroatoms. The first-order chi connectivity index (χ1) is 11.6. The van der Waals surface area contributed by atoms with Crippen molar-refractivity contribution < 1.29 is 14.3 Å². The molecule has 1 aromatic rings. The van der Waals surface area contributed by atoms with Gasteiger partial charge in [0.15, 0.2) is 0 Å². The molecule has 2 aliphatic heterocycles. The highest BCUT2D eigenvalue weighted by Crippen LogP contribution is 2.34. The van der Waals surface area contributed by atoms with E-state index < -0.39 is 0 Å². The summed E-state index contributed by atoms with van der Waals surface area (Å²) in [5, 5.41) is 0. The van der Waals surface area contributed by atoms with Crippen LogP contribution in [0.4, 0.5) is 11.4 Å². The third-order valence-electron chi connectivity index (χ3n) is 4.94. The van der Waals surface area contributed by atoms with Gasteiger partial charge >= 0.3 is 0 Å². The Labute approximate surface area is 143 Å². The van der Waals surface area contributed by atoms with Crippen LogP contribution >= 0.6 is 0 Å². The average Bonchev–Trinajstić information content (AvgIpc) is 2.73. The van der Waals surface area contributed by atoms with Gasteiger partial charge in [-0.1, -0.05) is 19.1 Å². The molecule has 1 fully saturated rings. The fourth-order valence-electron chi connectivity index (χ4n) is 3.64. The molecule has 2 aliphatic rings. The normalized spacial score (nSPS) is 22.0. The molecule has 130 valence electrons. The Morgan fingerprint density at radius 3 is 2.29 bits per heavy atom. The number of amides is 2. The molecule has 0 aliphatic carbocycles. The Kier molecular flexibility index (Phi) is 5.19. The molecule has 1 aromatic carbocycles. The van der Waals surface area contributed by atoms with Crippen molar-refractivity contribution in [3.8, 4) is 0 Å². The number of carbonyl (C=O) groups excluding carboxylic acids is 2. The molecule has 0 spiro atoms. The minimum Gasteiger partial charge on any atom is -0.381 e. The second kappa shape index (κ2) is 7.34. The molecule has 0 radical (unpaired) electrons. The minimum absolute atomic E-state index is 0.0213. The van der Waals surface area contributed by atoms with E-state index in [-0.39, 0.29) is 17.7 Å². The number of hydrogen-bond acceptors (Lipinski definition) is 3. The Morgan fingerprint density at radius 1 is 1.08 bits per heavy atom. The van der Waals surface area contributed by atoms with Gasteiger partial charge in [0.1, 0.15) is 0 Å². The number of hydrogen-bond donors (Lipinski definition) is 0. The van der Waals surface area contributed by atoms with Gasteiger partial charge in [0.2, 0.25) is 11.8 Å². The van der Waals surface area contributed by atoms with E-state index in [2.05, 4.69) is 6.92 Å². The van der Waals surface area contributed by atoms with Crippen LogP contribution in [-0.4, -0.2) is 38.1 Å². The monoisotopic (exact) mass is 330 g/mol. The van der Waals surface area contributed by atoms with Crippen LogP contribution in [-0.2, 0) is 14.3 Å². The number of rotatable bonds is 2. The zero-order valence-corrected chi connectivity index (χ0v) is 14.5. The molecule has 1 unspecified atom stereocenters. The van der Waals surface area contributed by atoms with Gasteiger partial charge in [-0.2, -0.15) is 0 Å². The topological polar surface area (TPSA) is 49.9 Å². The van der Waals surface area contributed by atoms with Crippen LogP contribution in [0.1, 0.15) is 33.1 Å². The number of anilines is 2. The van der Waals surface area contributed by atoms with Crippen LogP contribution in [0.15, 0.2) is 24.3 Å². The molecule has 24 heavy (non-hydrogen) atoms. The summed E-state index contributed by atoms with van der Waals surface area (Å²) in [6.45, 7) is 6.49. The summed E-state index contributed by atoms with van der Waals surface area (Å²) in [5.41, 5.74) is 1.70. The van der Waals surface area contributed by atoms with Crippen LogP contribution in [0.3, 0.4) is 0 Å². The van der Waals surface area contributed by atoms with Crippen molar-refractivity contribution >= 4 is 23.2 Å². The molecule has 2 heterocycles. The van der Waals surface area contributed by atoms with Crippen LogP contribution in [0, 0.1) is 11.8 Å². The third kappa shape index (κ3) is 3.61. The van der Waals surface area contributed by atoms with E-state index in [1.54, 1.807) is 11.8 Å². The maximum atomic E-state index is 13.0. The molecule has 2 amide bonds. The summed E-state index contributed by atoms with van der Waals surface area (Å²) < 4.78 is 5.39. The Hall–Kier alpha value is -1.88. The molecule has 1 saturated heterocycles. The Bertz CT molecular complexity index is 610. The quantitative estimate of drug-likeness (QED) is 0.838. The number of ether oxygens (including phenoxy) is 1. The minimum atomic E-state index is 0.0213. The largest absolute Gasteiger partial charge is 0.381 e. The highest BCUT2D eigenvalue weighted by Gasteiger charge is 2.30. The van der Waals surface area contributed by atoms with Crippen LogP contribution < -0.4 is 9.80 Å². The Balaban J connectivity index is 1.86. The smallest absolute Gasteiger partial charge is 0.227 e. The van der Waals surface area contributed by atoms with Gasteiger partial charge in [-0.3, -0.25) is 9.59 Å². The second-order valence-corrected chi connectivity index (χ2v) is 6.99. The van der Waals surface area contributed by atoms with E-state index in [1.165, 1.54) is 0 Å². The van der Waals surface area contributed by atoms with Crippen molar-refractivity contribution in [1.82, 2.24) is 0 Å². The van der Waals surface area contributed by atoms with E-state index >= 15 is 0 Å². The van der Waals surface area contributed by atoms with Crippen molar-refractivity contribution in [2.75, 3.05) is 36.1 Å². The SMILES string of the molecule is CC(=O)N1CC(C)CN(C(=O)CC2CCOCC2)c2ccccc21. The summed E-state index contributed by atoms with van der Waals surface area (Å²) in [6, 6.07) is 7.74. The third-order valence-corrected chi connectivity index (χ3v) is 4.94. The summed E-state index contributed by atoms with van der Waals surface area (Å²) >= 11 is 0. The second-order valence-electron chi connectivity index (χ2n) is 6.99. The van der Waals surface area contributed by atoms with Crippen LogP contribution in [0.2, 0.25) is 0 Å². The zero-order valence-electron chi connectivity index (χ0n) is 14.5. The summed E-state index contributed by atoms with van der Waals surface area (Å²) in [5.74, 6) is 0.820. The molecule has 0 N–H and O–H groups in total. The molecular formula is C19H26N2O3. The maximum Gasteiger partial charge on any atom is 0.227 e. The fraction of sp³-hybridized carbons (Fsp3) is 0.579. The van der Waals surface area contributed by atoms with Gasteiger partial charge in [-0.25, -0.2) is 0 Å². The van der Waals surface area contributed by atoms with Crippen molar-refractivity contribution in [1.29, 1.82) is 0 Å². The fourth-order valence-corrected chi connectivity index (χ4v) is 3.64. The molecular weight excluding hydrogens is 304 g/mol. The lowest BCUT2D eigenvalue weighted by Crippen LogP contribution is -2.37. The molecule has 1 atom stereocenters. The molecule has 0 saturated carbocycles. The van der Waals surface area contributed by atoms with Crippen molar-refractivity contribution in [2.45, 2.75) is 33.1 Å². The van der Waals surface area contributed by atoms with Gasteiger partial charge in [0.05, 0.1) is 11.4 Å².